The highest BCUT2D eigenvalue weighted by atomic mass is 19.4. The van der Waals surface area contributed by atoms with Gasteiger partial charge in [-0.15, -0.1) is 0 Å². The maximum absolute atomic E-state index is 12.5. The van der Waals surface area contributed by atoms with E-state index in [0.29, 0.717) is 0 Å². The summed E-state index contributed by atoms with van der Waals surface area (Å²) in [5.41, 5.74) is 1.09. The molecule has 102 valence electrons. The molecule has 0 aliphatic heterocycles. The Kier molecular flexibility index (Phi) is 4.70. The van der Waals surface area contributed by atoms with E-state index in [4.69, 9.17) is 16.1 Å². The summed E-state index contributed by atoms with van der Waals surface area (Å²) in [5, 5.41) is 20.1. The normalized spacial score (nSPS) is 13.2. The maximum Gasteiger partial charge on any atom is 0.416 e. The van der Waals surface area contributed by atoms with Crippen molar-refractivity contribution in [2.75, 3.05) is 23.9 Å². The molecule has 0 aromatic carbocycles. The number of nitrogens with two attached hydrogens (primary N) is 1. The molecule has 0 fully saturated rings. The van der Waals surface area contributed by atoms with Gasteiger partial charge in [-0.1, -0.05) is 0 Å². The Bertz CT molecular complexity index is 400. The fraction of sp³-hybridized carbons (Fsp3) is 0.444. The molecular weight excluding hydrogens is 253 g/mol. The first-order chi connectivity index (χ1) is 8.36. The Balaban J connectivity index is 2.91. The zero-order valence-electron chi connectivity index (χ0n) is 9.20. The third kappa shape index (κ3) is 4.02. The summed E-state index contributed by atoms with van der Waals surface area (Å²) in [4.78, 5) is 3.73. The minimum absolute atomic E-state index is 0.106. The second-order valence-electron chi connectivity index (χ2n) is 3.49. The van der Waals surface area contributed by atoms with Gasteiger partial charge >= 0.3 is 6.18 Å². The van der Waals surface area contributed by atoms with E-state index >= 15 is 0 Å². The van der Waals surface area contributed by atoms with E-state index < -0.39 is 24.5 Å². The Morgan fingerprint density at radius 2 is 1.94 bits per heavy atom. The Morgan fingerprint density at radius 3 is 2.44 bits per heavy atom. The zero-order chi connectivity index (χ0) is 13.8. The lowest BCUT2D eigenvalue weighted by Gasteiger charge is -2.13. The van der Waals surface area contributed by atoms with Gasteiger partial charge in [0, 0.05) is 6.54 Å². The van der Waals surface area contributed by atoms with Crippen LogP contribution >= 0.6 is 0 Å². The number of halogens is 3. The van der Waals surface area contributed by atoms with Gasteiger partial charge in [-0.05, 0) is 12.1 Å². The van der Waals surface area contributed by atoms with Crippen molar-refractivity contribution in [1.29, 1.82) is 0 Å². The zero-order valence-corrected chi connectivity index (χ0v) is 9.20. The number of nitrogens with one attached hydrogen (secondary N) is 2. The van der Waals surface area contributed by atoms with E-state index in [-0.39, 0.29) is 18.2 Å². The van der Waals surface area contributed by atoms with Crippen LogP contribution in [0.3, 0.4) is 0 Å². The van der Waals surface area contributed by atoms with Crippen molar-refractivity contribution in [3.63, 3.8) is 0 Å². The van der Waals surface area contributed by atoms with Crippen LogP contribution in [0.25, 0.3) is 0 Å². The predicted molar refractivity (Wildman–Crippen MR) is 58.6 cm³/mol. The van der Waals surface area contributed by atoms with E-state index in [9.17, 15) is 13.2 Å². The predicted octanol–water partition coefficient (Wildman–Crippen LogP) is 0.151. The van der Waals surface area contributed by atoms with Gasteiger partial charge in [0.1, 0.15) is 11.6 Å². The summed E-state index contributed by atoms with van der Waals surface area (Å²) in [6.07, 6.45) is -5.61. The van der Waals surface area contributed by atoms with Crippen molar-refractivity contribution in [3.8, 4) is 0 Å². The monoisotopic (exact) mass is 266 g/mol. The third-order valence-corrected chi connectivity index (χ3v) is 2.03. The quantitative estimate of drug-likeness (QED) is 0.384. The van der Waals surface area contributed by atoms with Gasteiger partial charge in [0.25, 0.3) is 0 Å². The third-order valence-electron chi connectivity index (χ3n) is 2.03. The standard InChI is InChI=1S/C9H13F3N4O2/c10-9(11,12)5-1-7(14-3-6(18)4-17)15-8(2-5)16-13/h1-2,6,17-18H,3-4,13H2,(H2,14,15,16). The molecule has 0 aliphatic rings. The van der Waals surface area contributed by atoms with Gasteiger partial charge in [0.05, 0.1) is 18.3 Å². The lowest BCUT2D eigenvalue weighted by molar-refractivity contribution is -0.137. The Labute approximate surface area is 101 Å². The van der Waals surface area contributed by atoms with Crippen LogP contribution in [0.2, 0.25) is 0 Å². The van der Waals surface area contributed by atoms with Gasteiger partial charge in [0.15, 0.2) is 0 Å². The first kappa shape index (κ1) is 14.5. The molecule has 18 heavy (non-hydrogen) atoms. The number of nitrogen functional groups attached to an aromatic ring is 1. The molecule has 0 radical (unpaired) electrons. The SMILES string of the molecule is NNc1cc(C(F)(F)F)cc(NCC(O)CO)n1. The number of hydrazine groups is 1. The summed E-state index contributed by atoms with van der Waals surface area (Å²) >= 11 is 0. The average molecular weight is 266 g/mol. The Hall–Kier alpha value is -1.58. The molecule has 0 bridgehead atoms. The second kappa shape index (κ2) is 5.85. The summed E-state index contributed by atoms with van der Waals surface area (Å²) in [5.74, 6) is 4.75. The fourth-order valence-electron chi connectivity index (χ4n) is 1.15. The van der Waals surface area contributed by atoms with E-state index in [2.05, 4.69) is 10.3 Å². The highest BCUT2D eigenvalue weighted by Crippen LogP contribution is 2.31. The van der Waals surface area contributed by atoms with Crippen LogP contribution in [0.15, 0.2) is 12.1 Å². The topological polar surface area (TPSA) is 103 Å². The molecule has 6 nitrogen and oxygen atoms in total. The summed E-state index contributed by atoms with van der Waals surface area (Å²) < 4.78 is 37.6. The van der Waals surface area contributed by atoms with Crippen LogP contribution in [0.1, 0.15) is 5.56 Å². The van der Waals surface area contributed by atoms with E-state index in [0.717, 1.165) is 12.1 Å². The molecule has 0 spiro atoms. The lowest BCUT2D eigenvalue weighted by atomic mass is 10.2. The van der Waals surface area contributed by atoms with Crippen molar-refractivity contribution >= 4 is 11.6 Å². The molecule has 1 unspecified atom stereocenters. The fourth-order valence-corrected chi connectivity index (χ4v) is 1.15. The van der Waals surface area contributed by atoms with E-state index in [1.165, 1.54) is 0 Å². The minimum Gasteiger partial charge on any atom is -0.394 e. The first-order valence-electron chi connectivity index (χ1n) is 4.95. The highest BCUT2D eigenvalue weighted by Gasteiger charge is 2.31. The summed E-state index contributed by atoms with van der Waals surface area (Å²) in [6.45, 7) is -0.636. The first-order valence-corrected chi connectivity index (χ1v) is 4.95. The molecule has 1 aromatic heterocycles. The van der Waals surface area contributed by atoms with Crippen LogP contribution in [-0.2, 0) is 6.18 Å². The number of alkyl halides is 3. The molecule has 1 rings (SSSR count). The molecule has 1 aromatic rings. The molecule has 6 N–H and O–H groups in total. The van der Waals surface area contributed by atoms with Gasteiger partial charge < -0.3 is 21.0 Å². The molecule has 1 atom stereocenters. The van der Waals surface area contributed by atoms with Crippen molar-refractivity contribution in [2.45, 2.75) is 12.3 Å². The number of anilines is 2. The summed E-state index contributed by atoms with van der Waals surface area (Å²) in [6, 6.07) is 1.54. The van der Waals surface area contributed by atoms with Crippen LogP contribution in [0, 0.1) is 0 Å². The molecule has 0 saturated heterocycles. The molecule has 1 heterocycles. The second-order valence-corrected chi connectivity index (χ2v) is 3.49. The number of aliphatic hydroxyl groups is 2. The van der Waals surface area contributed by atoms with Crippen molar-refractivity contribution in [2.24, 2.45) is 5.84 Å². The van der Waals surface area contributed by atoms with E-state index in [1.54, 1.807) is 0 Å². The highest BCUT2D eigenvalue weighted by molar-refractivity contribution is 5.49. The van der Waals surface area contributed by atoms with E-state index in [1.807, 2.05) is 5.43 Å². The van der Waals surface area contributed by atoms with Crippen LogP contribution < -0.4 is 16.6 Å². The molecule has 0 amide bonds. The number of nitrogens with zero attached hydrogens (tertiary/aromatic N) is 1. The molecule has 0 saturated carbocycles. The summed E-state index contributed by atoms with van der Waals surface area (Å²) in [7, 11) is 0. The number of hydrogen-bond acceptors (Lipinski definition) is 6. The number of pyridine rings is 1. The molecule has 0 aliphatic carbocycles. The smallest absolute Gasteiger partial charge is 0.394 e. The van der Waals surface area contributed by atoms with Crippen LogP contribution in [0.5, 0.6) is 0 Å². The van der Waals surface area contributed by atoms with Gasteiger partial charge in [-0.2, -0.15) is 13.2 Å². The average Bonchev–Trinajstić information content (AvgIpc) is 2.34. The van der Waals surface area contributed by atoms with Gasteiger partial charge in [-0.25, -0.2) is 10.8 Å². The van der Waals surface area contributed by atoms with Gasteiger partial charge in [-0.3, -0.25) is 0 Å². The minimum atomic E-state index is -4.53. The lowest BCUT2D eigenvalue weighted by Crippen LogP contribution is -2.24. The van der Waals surface area contributed by atoms with Crippen LogP contribution in [-0.4, -0.2) is 34.5 Å². The number of hydrogen-bond donors (Lipinski definition) is 5. The Morgan fingerprint density at radius 1 is 1.33 bits per heavy atom. The van der Waals surface area contributed by atoms with Crippen molar-refractivity contribution in [1.82, 2.24) is 4.98 Å². The number of aromatic nitrogens is 1. The van der Waals surface area contributed by atoms with Crippen molar-refractivity contribution < 1.29 is 23.4 Å². The van der Waals surface area contributed by atoms with Crippen LogP contribution in [0.4, 0.5) is 24.8 Å². The largest absolute Gasteiger partial charge is 0.416 e. The number of aliphatic hydroxyl groups excluding tert-OH is 2. The van der Waals surface area contributed by atoms with Gasteiger partial charge in [0.2, 0.25) is 0 Å². The molecular formula is C9H13F3N4O2. The maximum atomic E-state index is 12.5. The van der Waals surface area contributed by atoms with Crippen molar-refractivity contribution in [3.05, 3.63) is 17.7 Å². The number of rotatable bonds is 5. The molecule has 9 heteroatoms.